The first-order valence-electron chi connectivity index (χ1n) is 5.42. The maximum Gasteiger partial charge on any atom is 0.338 e. The number of ether oxygens (including phenoxy) is 1. The lowest BCUT2D eigenvalue weighted by Crippen LogP contribution is -2.10. The Hall–Kier alpha value is -2.03. The molecule has 0 bridgehead atoms. The Bertz CT molecular complexity index is 561. The number of esters is 1. The minimum absolute atomic E-state index is 0.300. The zero-order chi connectivity index (χ0) is 12.4. The quantitative estimate of drug-likeness (QED) is 0.741. The standard InChI is InChI=1S/C14H15NO2/c1-15(2)13-9-8-12(14(16)17-3)10-6-4-5-7-11(10)13/h4-9H,1-3H3. The van der Waals surface area contributed by atoms with Gasteiger partial charge in [0.15, 0.2) is 0 Å². The van der Waals surface area contributed by atoms with Crippen molar-refractivity contribution in [2.75, 3.05) is 26.1 Å². The largest absolute Gasteiger partial charge is 0.465 e. The molecule has 0 saturated carbocycles. The Morgan fingerprint density at radius 2 is 1.71 bits per heavy atom. The average molecular weight is 229 g/mol. The van der Waals surface area contributed by atoms with Crippen molar-refractivity contribution in [3.8, 4) is 0 Å². The van der Waals surface area contributed by atoms with Gasteiger partial charge in [0, 0.05) is 25.2 Å². The third kappa shape index (κ3) is 1.96. The van der Waals surface area contributed by atoms with Gasteiger partial charge >= 0.3 is 5.97 Å². The summed E-state index contributed by atoms with van der Waals surface area (Å²) in [4.78, 5) is 13.7. The summed E-state index contributed by atoms with van der Waals surface area (Å²) in [6, 6.07) is 11.6. The van der Waals surface area contributed by atoms with Gasteiger partial charge in [0.2, 0.25) is 0 Å². The molecule has 0 saturated heterocycles. The molecule has 0 atom stereocenters. The van der Waals surface area contributed by atoms with E-state index in [1.807, 2.05) is 55.4 Å². The molecule has 0 aromatic heterocycles. The normalized spacial score (nSPS) is 10.3. The van der Waals surface area contributed by atoms with Gasteiger partial charge < -0.3 is 9.64 Å². The SMILES string of the molecule is COC(=O)c1ccc(N(C)C)c2ccccc12. The van der Waals surface area contributed by atoms with Crippen LogP contribution in [-0.2, 0) is 4.74 Å². The lowest BCUT2D eigenvalue weighted by Gasteiger charge is -2.16. The summed E-state index contributed by atoms with van der Waals surface area (Å²) in [6.45, 7) is 0. The topological polar surface area (TPSA) is 29.5 Å². The Labute approximate surface area is 101 Å². The van der Waals surface area contributed by atoms with Crippen LogP contribution in [0.25, 0.3) is 10.8 Å². The number of carbonyl (C=O) groups is 1. The molecule has 0 fully saturated rings. The van der Waals surface area contributed by atoms with E-state index in [1.165, 1.54) is 7.11 Å². The van der Waals surface area contributed by atoms with Gasteiger partial charge in [-0.2, -0.15) is 0 Å². The van der Waals surface area contributed by atoms with Crippen molar-refractivity contribution >= 4 is 22.4 Å². The van der Waals surface area contributed by atoms with Crippen molar-refractivity contribution in [3.05, 3.63) is 42.0 Å². The molecule has 88 valence electrons. The number of fused-ring (bicyclic) bond motifs is 1. The minimum Gasteiger partial charge on any atom is -0.465 e. The molecule has 0 unspecified atom stereocenters. The van der Waals surface area contributed by atoms with Crippen molar-refractivity contribution < 1.29 is 9.53 Å². The van der Waals surface area contributed by atoms with Crippen LogP contribution in [0.1, 0.15) is 10.4 Å². The van der Waals surface area contributed by atoms with Crippen molar-refractivity contribution in [2.24, 2.45) is 0 Å². The highest BCUT2D eigenvalue weighted by Crippen LogP contribution is 2.28. The van der Waals surface area contributed by atoms with Crippen LogP contribution in [0.2, 0.25) is 0 Å². The van der Waals surface area contributed by atoms with Crippen molar-refractivity contribution in [1.29, 1.82) is 0 Å². The third-order valence-electron chi connectivity index (χ3n) is 2.79. The Morgan fingerprint density at radius 1 is 1.06 bits per heavy atom. The molecule has 0 aliphatic rings. The molecule has 0 N–H and O–H groups in total. The summed E-state index contributed by atoms with van der Waals surface area (Å²) in [5.41, 5.74) is 1.70. The number of anilines is 1. The first-order valence-corrected chi connectivity index (χ1v) is 5.42. The smallest absolute Gasteiger partial charge is 0.338 e. The fourth-order valence-electron chi connectivity index (χ4n) is 1.96. The second-order valence-corrected chi connectivity index (χ2v) is 4.06. The number of carbonyl (C=O) groups excluding carboxylic acids is 1. The maximum absolute atomic E-state index is 11.7. The predicted octanol–water partition coefficient (Wildman–Crippen LogP) is 2.69. The zero-order valence-electron chi connectivity index (χ0n) is 10.2. The van der Waals surface area contributed by atoms with Gasteiger partial charge in [0.05, 0.1) is 12.7 Å². The van der Waals surface area contributed by atoms with Crippen molar-refractivity contribution in [1.82, 2.24) is 0 Å². The zero-order valence-corrected chi connectivity index (χ0v) is 10.2. The van der Waals surface area contributed by atoms with Crippen LogP contribution in [-0.4, -0.2) is 27.2 Å². The number of rotatable bonds is 2. The van der Waals surface area contributed by atoms with E-state index in [9.17, 15) is 4.79 Å². The van der Waals surface area contributed by atoms with Crippen molar-refractivity contribution in [2.45, 2.75) is 0 Å². The van der Waals surface area contributed by atoms with E-state index in [1.54, 1.807) is 0 Å². The van der Waals surface area contributed by atoms with Gasteiger partial charge in [-0.3, -0.25) is 0 Å². The minimum atomic E-state index is -0.300. The van der Waals surface area contributed by atoms with E-state index in [4.69, 9.17) is 4.74 Å². The van der Waals surface area contributed by atoms with Gasteiger partial charge in [-0.05, 0) is 17.5 Å². The number of hydrogen-bond acceptors (Lipinski definition) is 3. The highest BCUT2D eigenvalue weighted by atomic mass is 16.5. The Morgan fingerprint density at radius 3 is 2.29 bits per heavy atom. The van der Waals surface area contributed by atoms with Gasteiger partial charge in [-0.15, -0.1) is 0 Å². The molecule has 2 aromatic rings. The van der Waals surface area contributed by atoms with Gasteiger partial charge in [0.1, 0.15) is 0 Å². The fraction of sp³-hybridized carbons (Fsp3) is 0.214. The highest BCUT2D eigenvalue weighted by Gasteiger charge is 2.12. The van der Waals surface area contributed by atoms with Crippen molar-refractivity contribution in [3.63, 3.8) is 0 Å². The van der Waals surface area contributed by atoms with E-state index >= 15 is 0 Å². The third-order valence-corrected chi connectivity index (χ3v) is 2.79. The molecule has 0 heterocycles. The molecule has 3 heteroatoms. The van der Waals surface area contributed by atoms with Gasteiger partial charge in [-0.25, -0.2) is 4.79 Å². The molecular formula is C14H15NO2. The summed E-state index contributed by atoms with van der Waals surface area (Å²) in [5, 5.41) is 1.98. The van der Waals surface area contributed by atoms with Crippen LogP contribution in [0.3, 0.4) is 0 Å². The van der Waals surface area contributed by atoms with Crippen LogP contribution < -0.4 is 4.90 Å². The van der Waals surface area contributed by atoms with E-state index in [-0.39, 0.29) is 5.97 Å². The lowest BCUT2D eigenvalue weighted by atomic mass is 10.0. The first-order chi connectivity index (χ1) is 8.15. The molecule has 2 aromatic carbocycles. The molecule has 2 rings (SSSR count). The summed E-state index contributed by atoms with van der Waals surface area (Å²) < 4.78 is 4.79. The summed E-state index contributed by atoms with van der Waals surface area (Å²) in [5.74, 6) is -0.300. The number of benzene rings is 2. The summed E-state index contributed by atoms with van der Waals surface area (Å²) in [7, 11) is 5.37. The second kappa shape index (κ2) is 4.45. The highest BCUT2D eigenvalue weighted by molar-refractivity contribution is 6.08. The van der Waals surface area contributed by atoms with Crippen LogP contribution in [0.4, 0.5) is 5.69 Å². The second-order valence-electron chi connectivity index (χ2n) is 4.06. The van der Waals surface area contributed by atoms with E-state index in [2.05, 4.69) is 0 Å². The number of nitrogens with zero attached hydrogens (tertiary/aromatic N) is 1. The van der Waals surface area contributed by atoms with E-state index in [0.717, 1.165) is 16.5 Å². The monoisotopic (exact) mass is 229 g/mol. The molecular weight excluding hydrogens is 214 g/mol. The Kier molecular flexibility index (Phi) is 3.00. The van der Waals surface area contributed by atoms with E-state index in [0.29, 0.717) is 5.56 Å². The molecule has 0 spiro atoms. The lowest BCUT2D eigenvalue weighted by molar-refractivity contribution is 0.0603. The molecule has 0 amide bonds. The van der Waals surface area contributed by atoms with Crippen LogP contribution >= 0.6 is 0 Å². The molecule has 0 aliphatic heterocycles. The van der Waals surface area contributed by atoms with Crippen LogP contribution in [0.5, 0.6) is 0 Å². The van der Waals surface area contributed by atoms with Crippen LogP contribution in [0, 0.1) is 0 Å². The van der Waals surface area contributed by atoms with Gasteiger partial charge in [-0.1, -0.05) is 24.3 Å². The summed E-state index contributed by atoms with van der Waals surface area (Å²) >= 11 is 0. The van der Waals surface area contributed by atoms with Crippen LogP contribution in [0.15, 0.2) is 36.4 Å². The van der Waals surface area contributed by atoms with Gasteiger partial charge in [0.25, 0.3) is 0 Å². The molecule has 0 aliphatic carbocycles. The number of methoxy groups -OCH3 is 1. The summed E-state index contributed by atoms with van der Waals surface area (Å²) in [6.07, 6.45) is 0. The predicted molar refractivity (Wildman–Crippen MR) is 69.6 cm³/mol. The average Bonchev–Trinajstić information content (AvgIpc) is 2.36. The van der Waals surface area contributed by atoms with E-state index < -0.39 is 0 Å². The molecule has 3 nitrogen and oxygen atoms in total. The molecule has 17 heavy (non-hydrogen) atoms. The maximum atomic E-state index is 11.7. The fourth-order valence-corrected chi connectivity index (χ4v) is 1.96. The number of hydrogen-bond donors (Lipinski definition) is 0. The first kappa shape index (κ1) is 11.5. The Balaban J connectivity index is 2.75. The molecule has 0 radical (unpaired) electrons.